The summed E-state index contributed by atoms with van der Waals surface area (Å²) in [5, 5.41) is 3.46. The number of rotatable bonds is 2. The third kappa shape index (κ3) is 2.86. The number of amides is 1. The Hall–Kier alpha value is -0.610. The van der Waals surface area contributed by atoms with Crippen LogP contribution in [0.2, 0.25) is 0 Å². The van der Waals surface area contributed by atoms with E-state index in [1.54, 1.807) is 0 Å². The molecule has 3 fully saturated rings. The molecule has 0 radical (unpaired) electrons. The molecule has 4 heteroatoms. The van der Waals surface area contributed by atoms with Crippen LogP contribution in [0.4, 0.5) is 0 Å². The van der Waals surface area contributed by atoms with Gasteiger partial charge in [0, 0.05) is 19.6 Å². The lowest BCUT2D eigenvalue weighted by molar-refractivity contribution is -0.137. The summed E-state index contributed by atoms with van der Waals surface area (Å²) in [6, 6.07) is 0.0855. The van der Waals surface area contributed by atoms with E-state index >= 15 is 0 Å². The summed E-state index contributed by atoms with van der Waals surface area (Å²) >= 11 is 0. The molecular formula is C16H29N3O. The fourth-order valence-corrected chi connectivity index (χ4v) is 4.20. The number of piperidine rings is 2. The van der Waals surface area contributed by atoms with Crippen LogP contribution in [0.25, 0.3) is 0 Å². The van der Waals surface area contributed by atoms with Crippen LogP contribution in [0.5, 0.6) is 0 Å². The van der Waals surface area contributed by atoms with Gasteiger partial charge in [0.15, 0.2) is 0 Å². The van der Waals surface area contributed by atoms with Crippen molar-refractivity contribution in [3.05, 3.63) is 0 Å². The van der Waals surface area contributed by atoms with Crippen LogP contribution in [0.15, 0.2) is 0 Å². The predicted octanol–water partition coefficient (Wildman–Crippen LogP) is 1.46. The van der Waals surface area contributed by atoms with E-state index in [1.165, 1.54) is 38.5 Å². The Morgan fingerprint density at radius 1 is 1.05 bits per heavy atom. The quantitative estimate of drug-likeness (QED) is 0.831. The summed E-state index contributed by atoms with van der Waals surface area (Å²) in [5.41, 5.74) is 0.502. The number of hydrogen-bond acceptors (Lipinski definition) is 3. The molecule has 4 nitrogen and oxygen atoms in total. The third-order valence-electron chi connectivity index (χ3n) is 5.70. The molecule has 3 saturated heterocycles. The molecule has 0 aromatic rings. The van der Waals surface area contributed by atoms with Crippen LogP contribution < -0.4 is 5.32 Å². The average molecular weight is 279 g/mol. The van der Waals surface area contributed by atoms with Crippen LogP contribution >= 0.6 is 0 Å². The van der Waals surface area contributed by atoms with Gasteiger partial charge in [0.1, 0.15) is 0 Å². The Morgan fingerprint density at radius 2 is 1.75 bits per heavy atom. The van der Waals surface area contributed by atoms with Gasteiger partial charge in [-0.3, -0.25) is 9.69 Å². The maximum Gasteiger partial charge on any atom is 0.239 e. The normalized spacial score (nSPS) is 28.8. The highest BCUT2D eigenvalue weighted by Crippen LogP contribution is 2.39. The minimum absolute atomic E-state index is 0.0855. The van der Waals surface area contributed by atoms with Gasteiger partial charge in [-0.15, -0.1) is 0 Å². The van der Waals surface area contributed by atoms with Gasteiger partial charge >= 0.3 is 0 Å². The van der Waals surface area contributed by atoms with E-state index < -0.39 is 0 Å². The highest BCUT2D eigenvalue weighted by molar-refractivity contribution is 5.81. The third-order valence-corrected chi connectivity index (χ3v) is 5.70. The first kappa shape index (κ1) is 14.3. The summed E-state index contributed by atoms with van der Waals surface area (Å²) in [4.78, 5) is 17.2. The molecule has 0 bridgehead atoms. The Morgan fingerprint density at radius 3 is 2.45 bits per heavy atom. The number of carbonyl (C=O) groups is 1. The number of likely N-dealkylation sites (tertiary alicyclic amines) is 2. The molecule has 0 saturated carbocycles. The smallest absolute Gasteiger partial charge is 0.239 e. The van der Waals surface area contributed by atoms with Gasteiger partial charge < -0.3 is 10.2 Å². The highest BCUT2D eigenvalue weighted by atomic mass is 16.2. The molecule has 1 unspecified atom stereocenters. The van der Waals surface area contributed by atoms with Crippen LogP contribution in [-0.4, -0.2) is 61.0 Å². The van der Waals surface area contributed by atoms with Crippen molar-refractivity contribution in [1.82, 2.24) is 15.1 Å². The van der Waals surface area contributed by atoms with Crippen LogP contribution in [-0.2, 0) is 4.79 Å². The Balaban J connectivity index is 1.57. The van der Waals surface area contributed by atoms with Gasteiger partial charge in [-0.2, -0.15) is 0 Å². The number of carbonyl (C=O) groups excluding carboxylic acids is 1. The van der Waals surface area contributed by atoms with Crippen molar-refractivity contribution in [1.29, 1.82) is 0 Å². The largest absolute Gasteiger partial charge is 0.341 e. The van der Waals surface area contributed by atoms with E-state index in [-0.39, 0.29) is 6.04 Å². The molecule has 3 aliphatic heterocycles. The van der Waals surface area contributed by atoms with Crippen molar-refractivity contribution in [2.75, 3.05) is 39.3 Å². The zero-order valence-corrected chi connectivity index (χ0v) is 12.9. The van der Waals surface area contributed by atoms with Gasteiger partial charge in [0.25, 0.3) is 0 Å². The molecule has 0 aliphatic carbocycles. The second-order valence-electron chi connectivity index (χ2n) is 7.03. The van der Waals surface area contributed by atoms with Crippen molar-refractivity contribution in [2.45, 2.75) is 51.5 Å². The van der Waals surface area contributed by atoms with E-state index in [0.717, 1.165) is 39.3 Å². The van der Waals surface area contributed by atoms with E-state index in [0.29, 0.717) is 11.3 Å². The molecule has 3 heterocycles. The standard InChI is InChI=1S/C16H29N3O/c1-14(15(20)18-10-3-2-4-11-18)19-12-7-16(13-19)5-8-17-9-6-16/h14,17H,2-13H2,1H3. The average Bonchev–Trinajstić information content (AvgIpc) is 2.91. The summed E-state index contributed by atoms with van der Waals surface area (Å²) in [7, 11) is 0. The monoisotopic (exact) mass is 279 g/mol. The molecule has 20 heavy (non-hydrogen) atoms. The molecule has 0 aromatic carbocycles. The molecule has 1 N–H and O–H groups in total. The van der Waals surface area contributed by atoms with Crippen molar-refractivity contribution in [3.63, 3.8) is 0 Å². The van der Waals surface area contributed by atoms with Crippen molar-refractivity contribution < 1.29 is 4.79 Å². The van der Waals surface area contributed by atoms with Crippen LogP contribution in [0.3, 0.4) is 0 Å². The molecule has 1 atom stereocenters. The zero-order valence-electron chi connectivity index (χ0n) is 12.9. The minimum Gasteiger partial charge on any atom is -0.341 e. The predicted molar refractivity (Wildman–Crippen MR) is 80.6 cm³/mol. The molecule has 1 spiro atoms. The summed E-state index contributed by atoms with van der Waals surface area (Å²) in [5.74, 6) is 0.371. The molecular weight excluding hydrogens is 250 g/mol. The van der Waals surface area contributed by atoms with E-state index in [1.807, 2.05) is 0 Å². The van der Waals surface area contributed by atoms with Gasteiger partial charge in [-0.25, -0.2) is 0 Å². The maximum atomic E-state index is 12.6. The van der Waals surface area contributed by atoms with Crippen molar-refractivity contribution >= 4 is 5.91 Å². The van der Waals surface area contributed by atoms with Crippen molar-refractivity contribution in [2.24, 2.45) is 5.41 Å². The van der Waals surface area contributed by atoms with Gasteiger partial charge in [-0.1, -0.05) is 0 Å². The summed E-state index contributed by atoms with van der Waals surface area (Å²) in [6.07, 6.45) is 7.52. The fourth-order valence-electron chi connectivity index (χ4n) is 4.20. The lowest BCUT2D eigenvalue weighted by Crippen LogP contribution is -2.49. The Kier molecular flexibility index (Phi) is 4.32. The first-order chi connectivity index (χ1) is 9.70. The first-order valence-corrected chi connectivity index (χ1v) is 8.44. The lowest BCUT2D eigenvalue weighted by Gasteiger charge is -2.36. The lowest BCUT2D eigenvalue weighted by atomic mass is 9.78. The number of nitrogens with zero attached hydrogens (tertiary/aromatic N) is 2. The highest BCUT2D eigenvalue weighted by Gasteiger charge is 2.41. The van der Waals surface area contributed by atoms with E-state index in [4.69, 9.17) is 0 Å². The van der Waals surface area contributed by atoms with Gasteiger partial charge in [-0.05, 0) is 70.5 Å². The fraction of sp³-hybridized carbons (Fsp3) is 0.938. The molecule has 3 aliphatic rings. The minimum atomic E-state index is 0.0855. The van der Waals surface area contributed by atoms with Crippen molar-refractivity contribution in [3.8, 4) is 0 Å². The summed E-state index contributed by atoms with van der Waals surface area (Å²) in [6.45, 7) is 8.63. The molecule has 1 amide bonds. The van der Waals surface area contributed by atoms with Gasteiger partial charge in [0.2, 0.25) is 5.91 Å². The summed E-state index contributed by atoms with van der Waals surface area (Å²) < 4.78 is 0. The SMILES string of the molecule is CC(C(=O)N1CCCCC1)N1CCC2(CCNCC2)C1. The number of nitrogens with one attached hydrogen (secondary N) is 1. The Labute approximate surface area is 122 Å². The van der Waals surface area contributed by atoms with E-state index in [2.05, 4.69) is 22.0 Å². The van der Waals surface area contributed by atoms with E-state index in [9.17, 15) is 4.79 Å². The zero-order chi connectivity index (χ0) is 14.0. The Bertz CT molecular complexity index is 346. The van der Waals surface area contributed by atoms with Crippen LogP contribution in [0.1, 0.15) is 45.4 Å². The van der Waals surface area contributed by atoms with Crippen LogP contribution in [0, 0.1) is 5.41 Å². The molecule has 3 rings (SSSR count). The number of hydrogen-bond donors (Lipinski definition) is 1. The first-order valence-electron chi connectivity index (χ1n) is 8.44. The second-order valence-corrected chi connectivity index (χ2v) is 7.03. The molecule has 114 valence electrons. The van der Waals surface area contributed by atoms with Gasteiger partial charge in [0.05, 0.1) is 6.04 Å². The second kappa shape index (κ2) is 6.02. The topological polar surface area (TPSA) is 35.6 Å². The maximum absolute atomic E-state index is 12.6. The molecule has 0 aromatic heterocycles.